The summed E-state index contributed by atoms with van der Waals surface area (Å²) in [6.07, 6.45) is 8.49. The van der Waals surface area contributed by atoms with Gasteiger partial charge in [0.15, 0.2) is 0 Å². The fraction of sp³-hybridized carbons (Fsp3) is 0.625. The third-order valence-corrected chi connectivity index (χ3v) is 4.58. The summed E-state index contributed by atoms with van der Waals surface area (Å²) in [6, 6.07) is 4.09. The molecule has 0 unspecified atom stereocenters. The summed E-state index contributed by atoms with van der Waals surface area (Å²) in [5, 5.41) is 0. The Morgan fingerprint density at radius 3 is 2.90 bits per heavy atom. The fourth-order valence-electron chi connectivity index (χ4n) is 3.30. The molecule has 2 aliphatic rings. The molecule has 3 heterocycles. The molecule has 1 amide bonds. The number of hydrogen-bond donors (Lipinski definition) is 0. The summed E-state index contributed by atoms with van der Waals surface area (Å²) in [4.78, 5) is 18.1. The lowest BCUT2D eigenvalue weighted by molar-refractivity contribution is -0.137. The Morgan fingerprint density at radius 2 is 2.15 bits per heavy atom. The van der Waals surface area contributed by atoms with E-state index < -0.39 is 0 Å². The van der Waals surface area contributed by atoms with Gasteiger partial charge < -0.3 is 9.64 Å². The van der Waals surface area contributed by atoms with E-state index in [2.05, 4.69) is 9.88 Å². The monoisotopic (exact) mass is 274 g/mol. The van der Waals surface area contributed by atoms with E-state index >= 15 is 0 Å². The highest BCUT2D eigenvalue weighted by Crippen LogP contribution is 2.38. The van der Waals surface area contributed by atoms with E-state index in [1.54, 1.807) is 0 Å². The molecule has 0 bridgehead atoms. The highest BCUT2D eigenvalue weighted by atomic mass is 16.5. The van der Waals surface area contributed by atoms with Gasteiger partial charge in [0.25, 0.3) is 0 Å². The quantitative estimate of drug-likeness (QED) is 0.844. The maximum Gasteiger partial charge on any atom is 0.222 e. The van der Waals surface area contributed by atoms with Crippen LogP contribution < -0.4 is 0 Å². The normalized spacial score (nSPS) is 26.4. The third kappa shape index (κ3) is 3.01. The molecule has 2 fully saturated rings. The SMILES string of the molecule is O=C1CC[C@@]2(CCOC2)CN1CCCc1ccncc1. The van der Waals surface area contributed by atoms with E-state index in [-0.39, 0.29) is 5.41 Å². The average Bonchev–Trinajstić information content (AvgIpc) is 2.92. The second-order valence-electron chi connectivity index (χ2n) is 6.08. The number of piperidine rings is 1. The number of rotatable bonds is 4. The van der Waals surface area contributed by atoms with Gasteiger partial charge in [-0.3, -0.25) is 9.78 Å². The highest BCUT2D eigenvalue weighted by Gasteiger charge is 2.41. The summed E-state index contributed by atoms with van der Waals surface area (Å²) < 4.78 is 5.55. The third-order valence-electron chi connectivity index (χ3n) is 4.58. The van der Waals surface area contributed by atoms with E-state index in [1.165, 1.54) is 5.56 Å². The molecule has 0 N–H and O–H groups in total. The summed E-state index contributed by atoms with van der Waals surface area (Å²) >= 11 is 0. The van der Waals surface area contributed by atoms with Crippen LogP contribution in [0.5, 0.6) is 0 Å². The second-order valence-corrected chi connectivity index (χ2v) is 6.08. The number of hydrogen-bond acceptors (Lipinski definition) is 3. The Balaban J connectivity index is 1.52. The summed E-state index contributed by atoms with van der Waals surface area (Å²) in [7, 11) is 0. The maximum absolute atomic E-state index is 12.1. The number of aromatic nitrogens is 1. The molecule has 1 aromatic rings. The van der Waals surface area contributed by atoms with Crippen molar-refractivity contribution in [2.45, 2.75) is 32.1 Å². The lowest BCUT2D eigenvalue weighted by atomic mass is 9.79. The van der Waals surface area contributed by atoms with Crippen LogP contribution in [-0.4, -0.2) is 42.1 Å². The second kappa shape index (κ2) is 5.92. The van der Waals surface area contributed by atoms with Crippen LogP contribution in [0.3, 0.4) is 0 Å². The number of aryl methyl sites for hydroxylation is 1. The van der Waals surface area contributed by atoms with Gasteiger partial charge in [0.1, 0.15) is 0 Å². The van der Waals surface area contributed by atoms with E-state index in [4.69, 9.17) is 4.74 Å². The highest BCUT2D eigenvalue weighted by molar-refractivity contribution is 5.77. The van der Waals surface area contributed by atoms with Crippen molar-refractivity contribution in [2.75, 3.05) is 26.3 Å². The number of amides is 1. The van der Waals surface area contributed by atoms with Crippen LogP contribution in [-0.2, 0) is 16.0 Å². The number of ether oxygens (including phenoxy) is 1. The van der Waals surface area contributed by atoms with Crippen LogP contribution in [0.2, 0.25) is 0 Å². The molecule has 20 heavy (non-hydrogen) atoms. The molecule has 0 aromatic carbocycles. The number of likely N-dealkylation sites (tertiary alicyclic amines) is 1. The maximum atomic E-state index is 12.1. The first kappa shape index (κ1) is 13.6. The molecule has 3 rings (SSSR count). The molecular formula is C16H22N2O2. The molecule has 0 saturated carbocycles. The zero-order valence-electron chi connectivity index (χ0n) is 11.9. The van der Waals surface area contributed by atoms with Crippen molar-refractivity contribution in [1.29, 1.82) is 0 Å². The lowest BCUT2D eigenvalue weighted by Crippen LogP contribution is -2.47. The minimum Gasteiger partial charge on any atom is -0.381 e. The van der Waals surface area contributed by atoms with E-state index in [1.807, 2.05) is 24.5 Å². The van der Waals surface area contributed by atoms with Crippen molar-refractivity contribution >= 4 is 5.91 Å². The average molecular weight is 274 g/mol. The predicted molar refractivity (Wildman–Crippen MR) is 76.2 cm³/mol. The zero-order chi connectivity index (χ0) is 13.8. The smallest absolute Gasteiger partial charge is 0.222 e. The lowest BCUT2D eigenvalue weighted by Gasteiger charge is -2.39. The Hall–Kier alpha value is -1.42. The molecule has 108 valence electrons. The van der Waals surface area contributed by atoms with Crippen LogP contribution in [0.1, 0.15) is 31.2 Å². The van der Waals surface area contributed by atoms with Gasteiger partial charge in [-0.05, 0) is 43.4 Å². The van der Waals surface area contributed by atoms with E-state index in [9.17, 15) is 4.79 Å². The Morgan fingerprint density at radius 1 is 1.30 bits per heavy atom. The molecule has 0 radical (unpaired) electrons. The standard InChI is InChI=1S/C16H22N2O2/c19-15-3-6-16(7-11-20-13-16)12-18(15)10-1-2-14-4-8-17-9-5-14/h4-5,8-9H,1-3,6-7,10-13H2/t16-/m1/s1. The van der Waals surface area contributed by atoms with Gasteiger partial charge in [-0.1, -0.05) is 0 Å². The Bertz CT molecular complexity index is 455. The van der Waals surface area contributed by atoms with Crippen molar-refractivity contribution < 1.29 is 9.53 Å². The number of nitrogens with zero attached hydrogens (tertiary/aromatic N) is 2. The van der Waals surface area contributed by atoms with Crippen molar-refractivity contribution in [3.63, 3.8) is 0 Å². The molecule has 1 aromatic heterocycles. The van der Waals surface area contributed by atoms with Gasteiger partial charge in [0, 0.05) is 43.9 Å². The molecule has 2 aliphatic heterocycles. The van der Waals surface area contributed by atoms with E-state index in [0.29, 0.717) is 12.3 Å². The van der Waals surface area contributed by atoms with Crippen molar-refractivity contribution in [3.8, 4) is 0 Å². The topological polar surface area (TPSA) is 42.4 Å². The molecule has 1 atom stereocenters. The summed E-state index contributed by atoms with van der Waals surface area (Å²) in [6.45, 7) is 3.45. The minimum atomic E-state index is 0.255. The van der Waals surface area contributed by atoms with Crippen LogP contribution in [0.4, 0.5) is 0 Å². The number of carbonyl (C=O) groups excluding carboxylic acids is 1. The number of carbonyl (C=O) groups is 1. The van der Waals surface area contributed by atoms with Crippen molar-refractivity contribution in [2.24, 2.45) is 5.41 Å². The first-order valence-corrected chi connectivity index (χ1v) is 7.52. The fourth-order valence-corrected chi connectivity index (χ4v) is 3.30. The zero-order valence-corrected chi connectivity index (χ0v) is 11.9. The van der Waals surface area contributed by atoms with Crippen LogP contribution in [0, 0.1) is 5.41 Å². The van der Waals surface area contributed by atoms with Crippen LogP contribution in [0.15, 0.2) is 24.5 Å². The van der Waals surface area contributed by atoms with Crippen molar-refractivity contribution in [1.82, 2.24) is 9.88 Å². The minimum absolute atomic E-state index is 0.255. The summed E-state index contributed by atoms with van der Waals surface area (Å²) in [5.74, 6) is 0.317. The van der Waals surface area contributed by atoms with Gasteiger partial charge in [-0.2, -0.15) is 0 Å². The van der Waals surface area contributed by atoms with Gasteiger partial charge in [-0.15, -0.1) is 0 Å². The molecular weight excluding hydrogens is 252 g/mol. The largest absolute Gasteiger partial charge is 0.381 e. The predicted octanol–water partition coefficient (Wildman–Crippen LogP) is 2.04. The van der Waals surface area contributed by atoms with Crippen LogP contribution in [0.25, 0.3) is 0 Å². The van der Waals surface area contributed by atoms with Crippen LogP contribution >= 0.6 is 0 Å². The Kier molecular flexibility index (Phi) is 4.01. The molecule has 4 nitrogen and oxygen atoms in total. The molecule has 0 aliphatic carbocycles. The Labute approximate surface area is 120 Å². The van der Waals surface area contributed by atoms with Gasteiger partial charge in [0.2, 0.25) is 5.91 Å². The summed E-state index contributed by atoms with van der Waals surface area (Å²) in [5.41, 5.74) is 1.55. The number of pyridine rings is 1. The van der Waals surface area contributed by atoms with E-state index in [0.717, 1.165) is 52.0 Å². The van der Waals surface area contributed by atoms with Gasteiger partial charge in [0.05, 0.1) is 6.61 Å². The molecule has 4 heteroatoms. The first-order chi connectivity index (χ1) is 9.77. The molecule has 1 spiro atoms. The van der Waals surface area contributed by atoms with Gasteiger partial charge in [-0.25, -0.2) is 0 Å². The van der Waals surface area contributed by atoms with Crippen molar-refractivity contribution in [3.05, 3.63) is 30.1 Å². The van der Waals surface area contributed by atoms with Gasteiger partial charge >= 0.3 is 0 Å². The molecule has 2 saturated heterocycles. The first-order valence-electron chi connectivity index (χ1n) is 7.52.